The second-order valence-corrected chi connectivity index (χ2v) is 4.97. The number of ether oxygens (including phenoxy) is 2. The number of nitrogens with one attached hydrogen (secondary N) is 1. The molecule has 0 atom stereocenters. The SMILES string of the molecule is CCCCOc1ccc(CNCC)cc1OCCCC. The molecule has 0 aliphatic rings. The minimum Gasteiger partial charge on any atom is -0.490 e. The van der Waals surface area contributed by atoms with Crippen LogP contribution >= 0.6 is 0 Å². The van der Waals surface area contributed by atoms with E-state index < -0.39 is 0 Å². The van der Waals surface area contributed by atoms with Gasteiger partial charge in [0.15, 0.2) is 11.5 Å². The second kappa shape index (κ2) is 10.6. The molecule has 1 aromatic carbocycles. The zero-order chi connectivity index (χ0) is 14.6. The molecule has 0 amide bonds. The highest BCUT2D eigenvalue weighted by molar-refractivity contribution is 5.43. The molecule has 1 N–H and O–H groups in total. The molecule has 3 nitrogen and oxygen atoms in total. The third-order valence-corrected chi connectivity index (χ3v) is 3.10. The molecule has 0 radical (unpaired) electrons. The van der Waals surface area contributed by atoms with E-state index in [1.54, 1.807) is 0 Å². The molecule has 0 bridgehead atoms. The van der Waals surface area contributed by atoms with Crippen LogP contribution in [0.25, 0.3) is 0 Å². The smallest absolute Gasteiger partial charge is 0.161 e. The van der Waals surface area contributed by atoms with Gasteiger partial charge in [-0.2, -0.15) is 0 Å². The van der Waals surface area contributed by atoms with Crippen LogP contribution in [-0.2, 0) is 6.54 Å². The number of rotatable bonds is 11. The summed E-state index contributed by atoms with van der Waals surface area (Å²) in [6.45, 7) is 9.81. The van der Waals surface area contributed by atoms with Crippen molar-refractivity contribution in [3.63, 3.8) is 0 Å². The molecule has 0 saturated heterocycles. The molecule has 0 unspecified atom stereocenters. The largest absolute Gasteiger partial charge is 0.490 e. The summed E-state index contributed by atoms with van der Waals surface area (Å²) in [5.41, 5.74) is 1.24. The van der Waals surface area contributed by atoms with Crippen LogP contribution in [-0.4, -0.2) is 19.8 Å². The Morgan fingerprint density at radius 2 is 1.55 bits per heavy atom. The molecule has 0 fully saturated rings. The van der Waals surface area contributed by atoms with Crippen LogP contribution in [0.2, 0.25) is 0 Å². The van der Waals surface area contributed by atoms with Gasteiger partial charge < -0.3 is 14.8 Å². The summed E-state index contributed by atoms with van der Waals surface area (Å²) in [5, 5.41) is 3.33. The minimum absolute atomic E-state index is 0.755. The van der Waals surface area contributed by atoms with Crippen molar-refractivity contribution in [2.24, 2.45) is 0 Å². The Morgan fingerprint density at radius 3 is 2.15 bits per heavy atom. The molecule has 0 aliphatic heterocycles. The van der Waals surface area contributed by atoms with Crippen molar-refractivity contribution in [1.29, 1.82) is 0 Å². The quantitative estimate of drug-likeness (QED) is 0.617. The monoisotopic (exact) mass is 279 g/mol. The van der Waals surface area contributed by atoms with Crippen LogP contribution in [0.15, 0.2) is 18.2 Å². The Labute approximate surface area is 123 Å². The highest BCUT2D eigenvalue weighted by Gasteiger charge is 2.07. The predicted molar refractivity (Wildman–Crippen MR) is 84.6 cm³/mol. The second-order valence-electron chi connectivity index (χ2n) is 4.97. The van der Waals surface area contributed by atoms with Crippen molar-refractivity contribution in [3.8, 4) is 11.5 Å². The van der Waals surface area contributed by atoms with Gasteiger partial charge >= 0.3 is 0 Å². The standard InChI is InChI=1S/C17H29NO2/c1-4-7-11-19-16-10-9-15(14-18-6-3)13-17(16)20-12-8-5-2/h9-10,13,18H,4-8,11-12,14H2,1-3H3. The Bertz CT molecular complexity index is 366. The third kappa shape index (κ3) is 6.29. The van der Waals surface area contributed by atoms with Gasteiger partial charge in [0.1, 0.15) is 0 Å². The molecule has 114 valence electrons. The fourth-order valence-corrected chi connectivity index (χ4v) is 1.82. The highest BCUT2D eigenvalue weighted by Crippen LogP contribution is 2.29. The van der Waals surface area contributed by atoms with Crippen molar-refractivity contribution in [2.75, 3.05) is 19.8 Å². The van der Waals surface area contributed by atoms with E-state index >= 15 is 0 Å². The number of hydrogen-bond acceptors (Lipinski definition) is 3. The minimum atomic E-state index is 0.755. The lowest BCUT2D eigenvalue weighted by Gasteiger charge is -2.14. The predicted octanol–water partition coefficient (Wildman–Crippen LogP) is 4.15. The lowest BCUT2D eigenvalue weighted by molar-refractivity contribution is 0.261. The van der Waals surface area contributed by atoms with Crippen LogP contribution in [0.5, 0.6) is 11.5 Å². The first-order valence-corrected chi connectivity index (χ1v) is 7.91. The Hall–Kier alpha value is -1.22. The molecule has 1 rings (SSSR count). The molecule has 0 aromatic heterocycles. The summed E-state index contributed by atoms with van der Waals surface area (Å²) in [7, 11) is 0. The van der Waals surface area contributed by atoms with Crippen molar-refractivity contribution in [1.82, 2.24) is 5.32 Å². The zero-order valence-corrected chi connectivity index (χ0v) is 13.2. The van der Waals surface area contributed by atoms with Gasteiger partial charge in [0.05, 0.1) is 13.2 Å². The number of unbranched alkanes of at least 4 members (excludes halogenated alkanes) is 2. The van der Waals surface area contributed by atoms with Crippen molar-refractivity contribution >= 4 is 0 Å². The molecule has 0 spiro atoms. The molecule has 0 heterocycles. The van der Waals surface area contributed by atoms with Gasteiger partial charge in [0.2, 0.25) is 0 Å². The average molecular weight is 279 g/mol. The van der Waals surface area contributed by atoms with Crippen LogP contribution in [0.3, 0.4) is 0 Å². The van der Waals surface area contributed by atoms with Crippen molar-refractivity contribution < 1.29 is 9.47 Å². The maximum Gasteiger partial charge on any atom is 0.161 e. The summed E-state index contributed by atoms with van der Waals surface area (Å²) < 4.78 is 11.7. The van der Waals surface area contributed by atoms with Crippen molar-refractivity contribution in [2.45, 2.75) is 53.0 Å². The van der Waals surface area contributed by atoms with Crippen LogP contribution in [0.1, 0.15) is 52.0 Å². The lowest BCUT2D eigenvalue weighted by Crippen LogP contribution is -2.12. The van der Waals surface area contributed by atoms with E-state index in [0.717, 1.165) is 63.5 Å². The van der Waals surface area contributed by atoms with E-state index in [1.807, 2.05) is 6.07 Å². The van der Waals surface area contributed by atoms with E-state index in [4.69, 9.17) is 9.47 Å². The van der Waals surface area contributed by atoms with Gasteiger partial charge in [-0.3, -0.25) is 0 Å². The summed E-state index contributed by atoms with van der Waals surface area (Å²) in [4.78, 5) is 0. The van der Waals surface area contributed by atoms with E-state index in [-0.39, 0.29) is 0 Å². The molecule has 3 heteroatoms. The number of hydrogen-bond donors (Lipinski definition) is 1. The van der Waals surface area contributed by atoms with E-state index in [9.17, 15) is 0 Å². The van der Waals surface area contributed by atoms with Gasteiger partial charge in [-0.05, 0) is 37.1 Å². The maximum atomic E-state index is 5.88. The fourth-order valence-electron chi connectivity index (χ4n) is 1.82. The zero-order valence-electron chi connectivity index (χ0n) is 13.2. The number of benzene rings is 1. The Morgan fingerprint density at radius 1 is 0.900 bits per heavy atom. The summed E-state index contributed by atoms with van der Waals surface area (Å²) in [5.74, 6) is 1.75. The Kier molecular flexibility index (Phi) is 8.88. The van der Waals surface area contributed by atoms with Crippen LogP contribution in [0, 0.1) is 0 Å². The molecule has 1 aromatic rings. The lowest BCUT2D eigenvalue weighted by atomic mass is 10.2. The first-order chi connectivity index (χ1) is 9.81. The molecular weight excluding hydrogens is 250 g/mol. The first-order valence-electron chi connectivity index (χ1n) is 7.91. The van der Waals surface area contributed by atoms with Gasteiger partial charge in [-0.1, -0.05) is 39.7 Å². The van der Waals surface area contributed by atoms with Gasteiger partial charge in [0.25, 0.3) is 0 Å². The van der Waals surface area contributed by atoms with E-state index in [0.29, 0.717) is 0 Å². The van der Waals surface area contributed by atoms with Gasteiger partial charge in [-0.25, -0.2) is 0 Å². The maximum absolute atomic E-state index is 5.88. The summed E-state index contributed by atoms with van der Waals surface area (Å²) in [6, 6.07) is 6.24. The summed E-state index contributed by atoms with van der Waals surface area (Å²) >= 11 is 0. The first kappa shape index (κ1) is 16.8. The van der Waals surface area contributed by atoms with Crippen LogP contribution < -0.4 is 14.8 Å². The van der Waals surface area contributed by atoms with E-state index in [1.165, 1.54) is 5.56 Å². The third-order valence-electron chi connectivity index (χ3n) is 3.10. The molecule has 0 aliphatic carbocycles. The topological polar surface area (TPSA) is 30.5 Å². The summed E-state index contributed by atoms with van der Waals surface area (Å²) in [6.07, 6.45) is 4.44. The average Bonchev–Trinajstić information content (AvgIpc) is 2.47. The van der Waals surface area contributed by atoms with E-state index in [2.05, 4.69) is 38.2 Å². The molecular formula is C17H29NO2. The highest BCUT2D eigenvalue weighted by atomic mass is 16.5. The fraction of sp³-hybridized carbons (Fsp3) is 0.647. The van der Waals surface area contributed by atoms with Gasteiger partial charge in [0, 0.05) is 6.54 Å². The Balaban J connectivity index is 2.68. The molecule has 20 heavy (non-hydrogen) atoms. The normalized spacial score (nSPS) is 10.6. The van der Waals surface area contributed by atoms with Crippen molar-refractivity contribution in [3.05, 3.63) is 23.8 Å². The van der Waals surface area contributed by atoms with Crippen LogP contribution in [0.4, 0.5) is 0 Å². The van der Waals surface area contributed by atoms with Gasteiger partial charge in [-0.15, -0.1) is 0 Å². The molecule has 0 saturated carbocycles.